The van der Waals surface area contributed by atoms with E-state index >= 15 is 0 Å². The first kappa shape index (κ1) is 21.4. The number of methoxy groups -OCH3 is 4. The summed E-state index contributed by atoms with van der Waals surface area (Å²) in [4.78, 5) is 23.5. The molecule has 2 rings (SSSR count). The molecule has 2 aromatic rings. The molecule has 0 unspecified atom stereocenters. The van der Waals surface area contributed by atoms with Crippen LogP contribution in [-0.2, 0) is 4.79 Å². The van der Waals surface area contributed by atoms with E-state index in [2.05, 4.69) is 10.6 Å². The van der Waals surface area contributed by atoms with Gasteiger partial charge in [0.15, 0.2) is 0 Å². The zero-order valence-corrected chi connectivity index (χ0v) is 16.6. The molecule has 0 spiro atoms. The van der Waals surface area contributed by atoms with Crippen molar-refractivity contribution in [2.75, 3.05) is 39.1 Å². The Balaban J connectivity index is 2.23. The molecule has 0 aromatic heterocycles. The van der Waals surface area contributed by atoms with Crippen LogP contribution in [0.25, 0.3) is 6.08 Å². The van der Waals surface area contributed by atoms with Gasteiger partial charge < -0.3 is 35.3 Å². The largest absolute Gasteiger partial charge is 0.496 e. The van der Waals surface area contributed by atoms with E-state index in [0.29, 0.717) is 39.9 Å². The number of ether oxygens (including phenoxy) is 4. The first-order valence-electron chi connectivity index (χ1n) is 8.45. The monoisotopic (exact) mass is 401 g/mol. The Hall–Kier alpha value is -3.88. The molecule has 9 heteroatoms. The van der Waals surface area contributed by atoms with Crippen molar-refractivity contribution in [1.82, 2.24) is 0 Å². The van der Waals surface area contributed by atoms with Gasteiger partial charge in [-0.15, -0.1) is 0 Å². The highest BCUT2D eigenvalue weighted by molar-refractivity contribution is 6.03. The third-order valence-corrected chi connectivity index (χ3v) is 3.88. The summed E-state index contributed by atoms with van der Waals surface area (Å²) >= 11 is 0. The van der Waals surface area contributed by atoms with Gasteiger partial charge in [-0.3, -0.25) is 4.79 Å². The molecular weight excluding hydrogens is 378 g/mol. The van der Waals surface area contributed by atoms with Crippen LogP contribution in [-0.4, -0.2) is 40.4 Å². The standard InChI is InChI=1S/C20H23N3O6/c1-26-13-10-17(28-3)14(18(11-13)29-4)6-8-19(24)22-12-5-7-16(27-2)15(9-12)23-20(21)25/h5-11H,1-4H3,(H,22,24)(H3,21,23,25). The topological polar surface area (TPSA) is 121 Å². The zero-order chi connectivity index (χ0) is 21.4. The molecule has 9 nitrogen and oxygen atoms in total. The van der Waals surface area contributed by atoms with Crippen LogP contribution in [0.1, 0.15) is 5.56 Å². The molecule has 29 heavy (non-hydrogen) atoms. The summed E-state index contributed by atoms with van der Waals surface area (Å²) < 4.78 is 21.1. The van der Waals surface area contributed by atoms with Gasteiger partial charge in [0, 0.05) is 23.9 Å². The Labute approximate surface area is 168 Å². The average molecular weight is 401 g/mol. The first-order valence-corrected chi connectivity index (χ1v) is 8.45. The van der Waals surface area contributed by atoms with Crippen molar-refractivity contribution in [3.8, 4) is 23.0 Å². The number of nitrogens with one attached hydrogen (secondary N) is 2. The highest BCUT2D eigenvalue weighted by Gasteiger charge is 2.12. The number of carbonyl (C=O) groups is 2. The second kappa shape index (κ2) is 9.88. The Morgan fingerprint density at radius 2 is 1.48 bits per heavy atom. The van der Waals surface area contributed by atoms with E-state index in [1.807, 2.05) is 0 Å². The molecule has 0 fully saturated rings. The molecule has 154 valence electrons. The van der Waals surface area contributed by atoms with Crippen LogP contribution in [0.2, 0.25) is 0 Å². The third-order valence-electron chi connectivity index (χ3n) is 3.88. The number of rotatable bonds is 8. The second-order valence-corrected chi connectivity index (χ2v) is 5.67. The predicted octanol–water partition coefficient (Wildman–Crippen LogP) is 2.86. The van der Waals surface area contributed by atoms with E-state index in [9.17, 15) is 9.59 Å². The van der Waals surface area contributed by atoms with Crippen LogP contribution >= 0.6 is 0 Å². The van der Waals surface area contributed by atoms with E-state index in [-0.39, 0.29) is 0 Å². The molecular formula is C20H23N3O6. The first-order chi connectivity index (χ1) is 13.9. The number of benzene rings is 2. The van der Waals surface area contributed by atoms with E-state index < -0.39 is 11.9 Å². The van der Waals surface area contributed by atoms with Gasteiger partial charge in [0.2, 0.25) is 5.91 Å². The molecule has 4 N–H and O–H groups in total. The summed E-state index contributed by atoms with van der Waals surface area (Å²) in [5, 5.41) is 5.13. The van der Waals surface area contributed by atoms with E-state index in [1.165, 1.54) is 40.6 Å². The minimum Gasteiger partial charge on any atom is -0.496 e. The normalized spacial score (nSPS) is 10.3. The van der Waals surface area contributed by atoms with Gasteiger partial charge in [0.25, 0.3) is 0 Å². The van der Waals surface area contributed by atoms with Gasteiger partial charge in [-0.05, 0) is 24.3 Å². The molecule has 3 amide bonds. The number of hydrogen-bond donors (Lipinski definition) is 3. The number of hydrogen-bond acceptors (Lipinski definition) is 6. The molecule has 0 aliphatic carbocycles. The molecule has 0 heterocycles. The van der Waals surface area contributed by atoms with Crippen molar-refractivity contribution >= 4 is 29.4 Å². The molecule has 0 saturated carbocycles. The van der Waals surface area contributed by atoms with Gasteiger partial charge in [0.1, 0.15) is 23.0 Å². The maximum absolute atomic E-state index is 12.3. The minimum absolute atomic E-state index is 0.334. The summed E-state index contributed by atoms with van der Waals surface area (Å²) in [5.41, 5.74) is 6.51. The van der Waals surface area contributed by atoms with Gasteiger partial charge in [0.05, 0.1) is 39.7 Å². The van der Waals surface area contributed by atoms with Crippen LogP contribution in [0, 0.1) is 0 Å². The molecule has 0 aliphatic rings. The molecule has 0 radical (unpaired) electrons. The van der Waals surface area contributed by atoms with Crippen molar-refractivity contribution in [3.63, 3.8) is 0 Å². The fraction of sp³-hybridized carbons (Fsp3) is 0.200. The lowest BCUT2D eigenvalue weighted by atomic mass is 10.1. The van der Waals surface area contributed by atoms with Gasteiger partial charge >= 0.3 is 6.03 Å². The van der Waals surface area contributed by atoms with E-state index in [4.69, 9.17) is 24.7 Å². The van der Waals surface area contributed by atoms with Crippen LogP contribution in [0.15, 0.2) is 36.4 Å². The maximum Gasteiger partial charge on any atom is 0.316 e. The fourth-order valence-electron chi connectivity index (χ4n) is 2.56. The molecule has 0 atom stereocenters. The summed E-state index contributed by atoms with van der Waals surface area (Å²) in [6.07, 6.45) is 2.90. The lowest BCUT2D eigenvalue weighted by Crippen LogP contribution is -2.20. The third kappa shape index (κ3) is 5.55. The van der Waals surface area contributed by atoms with Crippen molar-refractivity contribution < 1.29 is 28.5 Å². The number of carbonyl (C=O) groups excluding carboxylic acids is 2. The van der Waals surface area contributed by atoms with Crippen molar-refractivity contribution in [2.45, 2.75) is 0 Å². The number of amides is 3. The Morgan fingerprint density at radius 1 is 0.862 bits per heavy atom. The summed E-state index contributed by atoms with van der Waals surface area (Å²) in [6.45, 7) is 0. The number of primary amides is 1. The maximum atomic E-state index is 12.3. The van der Waals surface area contributed by atoms with Gasteiger partial charge in [-0.2, -0.15) is 0 Å². The molecule has 0 saturated heterocycles. The number of anilines is 2. The quantitative estimate of drug-likeness (QED) is 0.585. The lowest BCUT2D eigenvalue weighted by Gasteiger charge is -2.13. The molecule has 0 aliphatic heterocycles. The van der Waals surface area contributed by atoms with Gasteiger partial charge in [-0.25, -0.2) is 4.79 Å². The minimum atomic E-state index is -0.745. The highest BCUT2D eigenvalue weighted by Crippen LogP contribution is 2.35. The SMILES string of the molecule is COc1cc(OC)c(C=CC(=O)Nc2ccc(OC)c(NC(N)=O)c2)c(OC)c1. The van der Waals surface area contributed by atoms with E-state index in [1.54, 1.807) is 30.3 Å². The van der Waals surface area contributed by atoms with Crippen LogP contribution in [0.3, 0.4) is 0 Å². The van der Waals surface area contributed by atoms with Crippen molar-refractivity contribution in [1.29, 1.82) is 0 Å². The lowest BCUT2D eigenvalue weighted by molar-refractivity contribution is -0.111. The van der Waals surface area contributed by atoms with E-state index in [0.717, 1.165) is 0 Å². The van der Waals surface area contributed by atoms with Gasteiger partial charge in [-0.1, -0.05) is 0 Å². The zero-order valence-electron chi connectivity index (χ0n) is 16.6. The molecule has 0 bridgehead atoms. The number of urea groups is 1. The second-order valence-electron chi connectivity index (χ2n) is 5.67. The summed E-state index contributed by atoms with van der Waals surface area (Å²) in [7, 11) is 6.01. The average Bonchev–Trinajstić information content (AvgIpc) is 2.71. The van der Waals surface area contributed by atoms with Crippen LogP contribution < -0.4 is 35.3 Å². The summed E-state index contributed by atoms with van der Waals surface area (Å²) in [6, 6.07) is 7.39. The molecule has 2 aromatic carbocycles. The smallest absolute Gasteiger partial charge is 0.316 e. The number of nitrogens with two attached hydrogens (primary N) is 1. The van der Waals surface area contributed by atoms with Crippen molar-refractivity contribution in [2.24, 2.45) is 5.73 Å². The van der Waals surface area contributed by atoms with Crippen LogP contribution in [0.5, 0.6) is 23.0 Å². The Bertz CT molecular complexity index is 901. The highest BCUT2D eigenvalue weighted by atomic mass is 16.5. The Morgan fingerprint density at radius 3 is 2.00 bits per heavy atom. The Kier molecular flexibility index (Phi) is 7.30. The predicted molar refractivity (Wildman–Crippen MR) is 110 cm³/mol. The van der Waals surface area contributed by atoms with Crippen molar-refractivity contribution in [3.05, 3.63) is 42.0 Å². The fourth-order valence-corrected chi connectivity index (χ4v) is 2.56. The van der Waals surface area contributed by atoms with Crippen LogP contribution in [0.4, 0.5) is 16.2 Å². The summed E-state index contributed by atoms with van der Waals surface area (Å²) in [5.74, 6) is 1.54.